The molecule has 1 radical (unpaired) electrons. The van der Waals surface area contributed by atoms with Crippen LogP contribution in [0.25, 0.3) is 0 Å². The first-order chi connectivity index (χ1) is 5.58. The summed E-state index contributed by atoms with van der Waals surface area (Å²) in [6.45, 7) is 0. The van der Waals surface area contributed by atoms with Crippen LogP contribution < -0.4 is 5.46 Å². The molecule has 0 saturated carbocycles. The first-order valence-electron chi connectivity index (χ1n) is 3.41. The van der Waals surface area contributed by atoms with Gasteiger partial charge in [-0.2, -0.15) is 0 Å². The molecule has 0 aromatic heterocycles. The zero-order valence-electron chi connectivity index (χ0n) is 7.34. The number of benzene rings is 1. The first kappa shape index (κ1) is 15.6. The van der Waals surface area contributed by atoms with Crippen molar-refractivity contribution in [2.24, 2.45) is 0 Å². The second-order valence-corrected chi connectivity index (χ2v) is 3.86. The zero-order valence-corrected chi connectivity index (χ0v) is 8.16. The minimum absolute atomic E-state index is 0. The molecule has 5 N–H and O–H groups in total. The number of hydrogen-bond donors (Lipinski definition) is 1. The maximum atomic E-state index is 10.3. The summed E-state index contributed by atoms with van der Waals surface area (Å²) in [7, 11) is -2.42. The van der Waals surface area contributed by atoms with Gasteiger partial charge in [-0.3, -0.25) is 4.55 Å². The van der Waals surface area contributed by atoms with Crippen molar-refractivity contribution in [2.75, 3.05) is 5.65 Å². The second-order valence-electron chi connectivity index (χ2n) is 2.36. The minimum Gasteiger partial charge on any atom is -0.412 e. The third-order valence-corrected chi connectivity index (χ3v) is 1.92. The van der Waals surface area contributed by atoms with E-state index in [-0.39, 0.29) is 16.6 Å². The highest BCUT2D eigenvalue weighted by Crippen LogP contribution is 1.84. The second kappa shape index (κ2) is 6.55. The van der Waals surface area contributed by atoms with E-state index in [0.717, 1.165) is 5.46 Å². The molecule has 79 valence electrons. The van der Waals surface area contributed by atoms with Crippen molar-refractivity contribution in [3.63, 3.8) is 0 Å². The highest BCUT2D eigenvalue weighted by molar-refractivity contribution is 7.87. The summed E-state index contributed by atoms with van der Waals surface area (Å²) in [5.41, 5.74) is 0.451. The molecule has 0 atom stereocenters. The van der Waals surface area contributed by atoms with Crippen molar-refractivity contribution in [3.8, 4) is 0 Å². The Hall–Kier alpha value is -0.885. The predicted octanol–water partition coefficient (Wildman–Crippen LogP) is -1.79. The lowest BCUT2D eigenvalue weighted by molar-refractivity contribution is 0.488. The van der Waals surface area contributed by atoms with Crippen LogP contribution in [-0.4, -0.2) is 36.9 Å². The summed E-state index contributed by atoms with van der Waals surface area (Å²) in [4.78, 5) is 0. The van der Waals surface area contributed by atoms with Gasteiger partial charge in [0.2, 0.25) is 0 Å². The fraction of sp³-hybridized carbons (Fsp3) is 0.143. The third-order valence-electron chi connectivity index (χ3n) is 1.33. The van der Waals surface area contributed by atoms with Crippen LogP contribution in [-0.2, 0) is 10.1 Å². The van der Waals surface area contributed by atoms with Crippen LogP contribution in [0.5, 0.6) is 0 Å². The quantitative estimate of drug-likeness (QED) is 0.477. The summed E-state index contributed by atoms with van der Waals surface area (Å²) in [6.07, 6.45) is 0. The molecule has 0 fully saturated rings. The van der Waals surface area contributed by atoms with Crippen LogP contribution in [0.1, 0.15) is 0 Å². The third kappa shape index (κ3) is 6.61. The smallest absolute Gasteiger partial charge is 0.257 e. The van der Waals surface area contributed by atoms with Crippen molar-refractivity contribution < 1.29 is 23.9 Å². The van der Waals surface area contributed by atoms with Gasteiger partial charge in [0.1, 0.15) is 0 Å². The van der Waals surface area contributed by atoms with E-state index >= 15 is 0 Å². The Balaban J connectivity index is 0. The molecule has 1 aromatic rings. The van der Waals surface area contributed by atoms with E-state index in [9.17, 15) is 8.42 Å². The van der Waals surface area contributed by atoms with Crippen molar-refractivity contribution in [2.45, 2.75) is 0 Å². The topological polar surface area (TPSA) is 117 Å². The van der Waals surface area contributed by atoms with Gasteiger partial charge in [0.25, 0.3) is 10.1 Å². The maximum Gasteiger partial charge on any atom is 0.257 e. The molecular formula is C7H12BO5S. The number of rotatable bonds is 3. The molecule has 0 bridgehead atoms. The zero-order chi connectivity index (χ0) is 9.03. The molecule has 1 rings (SSSR count). The van der Waals surface area contributed by atoms with E-state index in [0.29, 0.717) is 0 Å². The summed E-state index contributed by atoms with van der Waals surface area (Å²) < 4.78 is 29.1. The Morgan fingerprint density at radius 1 is 1.14 bits per heavy atom. The fourth-order valence-electron chi connectivity index (χ4n) is 0.791. The van der Waals surface area contributed by atoms with Gasteiger partial charge >= 0.3 is 0 Å². The van der Waals surface area contributed by atoms with Gasteiger partial charge in [0.05, 0.1) is 5.65 Å². The Morgan fingerprint density at radius 3 is 2.07 bits per heavy atom. The van der Waals surface area contributed by atoms with Crippen molar-refractivity contribution in [3.05, 3.63) is 30.3 Å². The van der Waals surface area contributed by atoms with Crippen LogP contribution in [0.2, 0.25) is 0 Å². The maximum absolute atomic E-state index is 10.3. The molecule has 1 aromatic carbocycles. The summed E-state index contributed by atoms with van der Waals surface area (Å²) in [6, 6.07) is 8.98. The van der Waals surface area contributed by atoms with Crippen LogP contribution >= 0.6 is 0 Å². The molecule has 0 amide bonds. The van der Waals surface area contributed by atoms with E-state index in [1.807, 2.05) is 6.07 Å². The normalized spacial score (nSPS) is 9.50. The molecule has 14 heavy (non-hydrogen) atoms. The lowest BCUT2D eigenvalue weighted by atomic mass is 9.73. The Labute approximate surface area is 83.4 Å². The van der Waals surface area contributed by atoms with Gasteiger partial charge in [-0.05, 0) is 0 Å². The van der Waals surface area contributed by atoms with E-state index in [4.69, 9.17) is 4.55 Å². The van der Waals surface area contributed by atoms with E-state index < -0.39 is 10.1 Å². The van der Waals surface area contributed by atoms with Gasteiger partial charge < -0.3 is 11.0 Å². The summed E-state index contributed by atoms with van der Waals surface area (Å²) >= 11 is 0. The molecule has 0 saturated heterocycles. The monoisotopic (exact) mass is 219 g/mol. The van der Waals surface area contributed by atoms with Gasteiger partial charge in [-0.15, -0.1) is 0 Å². The lowest BCUT2D eigenvalue weighted by Crippen LogP contribution is -2.22. The van der Waals surface area contributed by atoms with Gasteiger partial charge in [-0.25, -0.2) is 8.42 Å². The van der Waals surface area contributed by atoms with Gasteiger partial charge in [0.15, 0.2) is 7.28 Å². The van der Waals surface area contributed by atoms with Gasteiger partial charge in [-0.1, -0.05) is 35.8 Å². The highest BCUT2D eigenvalue weighted by atomic mass is 32.2. The molecule has 5 nitrogen and oxygen atoms in total. The molecule has 0 spiro atoms. The molecule has 7 heteroatoms. The van der Waals surface area contributed by atoms with Crippen LogP contribution in [0.4, 0.5) is 0 Å². The van der Waals surface area contributed by atoms with Crippen molar-refractivity contribution >= 4 is 22.9 Å². The first-order valence-corrected chi connectivity index (χ1v) is 5.02. The average molecular weight is 219 g/mol. The van der Waals surface area contributed by atoms with Crippen molar-refractivity contribution in [1.29, 1.82) is 0 Å². The average Bonchev–Trinajstić information content (AvgIpc) is 2.02. The highest BCUT2D eigenvalue weighted by Gasteiger charge is 2.05. The molecule has 0 aliphatic rings. The minimum atomic E-state index is -3.88. The SMILES string of the molecule is O.O.O=S(=O)(O)C[B]c1ccccc1. The van der Waals surface area contributed by atoms with E-state index in [1.165, 1.54) is 7.28 Å². The molecule has 0 heterocycles. The Bertz CT molecular complexity index is 336. The van der Waals surface area contributed by atoms with E-state index in [1.54, 1.807) is 24.3 Å². The molecule has 0 aliphatic heterocycles. The lowest BCUT2D eigenvalue weighted by Gasteiger charge is -1.95. The van der Waals surface area contributed by atoms with Crippen LogP contribution in [0.15, 0.2) is 30.3 Å². The number of hydrogen-bond acceptors (Lipinski definition) is 2. The molecular weight excluding hydrogens is 207 g/mol. The van der Waals surface area contributed by atoms with E-state index in [2.05, 4.69) is 0 Å². The molecule has 0 aliphatic carbocycles. The van der Waals surface area contributed by atoms with Gasteiger partial charge in [0, 0.05) is 0 Å². The summed E-state index contributed by atoms with van der Waals surface area (Å²) in [5, 5.41) is 0. The van der Waals surface area contributed by atoms with Crippen molar-refractivity contribution in [1.82, 2.24) is 0 Å². The largest absolute Gasteiger partial charge is 0.412 e. The Kier molecular flexibility index (Phi) is 7.29. The Morgan fingerprint density at radius 2 is 1.64 bits per heavy atom. The van der Waals surface area contributed by atoms with Crippen LogP contribution in [0.3, 0.4) is 0 Å². The summed E-state index contributed by atoms with van der Waals surface area (Å²) in [5.74, 6) is 0. The standard InChI is InChI=1S/C7H8BO3S.2H2O/c9-12(10,11)6-8-7-4-2-1-3-5-7;;/h1-5H,6H2,(H,9,10,11);2*1H2. The van der Waals surface area contributed by atoms with Crippen LogP contribution in [0, 0.1) is 0 Å². The molecule has 0 unspecified atom stereocenters. The predicted molar refractivity (Wildman–Crippen MR) is 55.5 cm³/mol. The fourth-order valence-corrected chi connectivity index (χ4v) is 1.19.